The molecule has 18 heavy (non-hydrogen) atoms. The molecular formula is C11H22N2O4S. The van der Waals surface area contributed by atoms with E-state index in [1.807, 2.05) is 6.92 Å². The zero-order valence-corrected chi connectivity index (χ0v) is 11.8. The van der Waals surface area contributed by atoms with Gasteiger partial charge in [-0.15, -0.1) is 0 Å². The molecule has 1 heterocycles. The second-order valence-corrected chi connectivity index (χ2v) is 6.40. The summed E-state index contributed by atoms with van der Waals surface area (Å²) in [7, 11) is -1.82. The first-order valence-electron chi connectivity index (χ1n) is 6.31. The van der Waals surface area contributed by atoms with Crippen molar-refractivity contribution in [2.75, 3.05) is 26.0 Å². The molecule has 0 aromatic carbocycles. The van der Waals surface area contributed by atoms with E-state index in [9.17, 15) is 13.2 Å². The lowest BCUT2D eigenvalue weighted by Gasteiger charge is -2.31. The van der Waals surface area contributed by atoms with Crippen molar-refractivity contribution in [2.45, 2.75) is 38.6 Å². The Bertz CT molecular complexity index is 361. The van der Waals surface area contributed by atoms with Crippen LogP contribution in [0.25, 0.3) is 0 Å². The van der Waals surface area contributed by atoms with Gasteiger partial charge in [0.05, 0.1) is 12.9 Å². The predicted octanol–water partition coefficient (Wildman–Crippen LogP) is 0.937. The van der Waals surface area contributed by atoms with Crippen LogP contribution in [0.3, 0.4) is 0 Å². The largest absolute Gasteiger partial charge is 0.453 e. The molecule has 0 bridgehead atoms. The van der Waals surface area contributed by atoms with Gasteiger partial charge < -0.3 is 9.64 Å². The highest BCUT2D eigenvalue weighted by molar-refractivity contribution is 7.89. The van der Waals surface area contributed by atoms with Crippen molar-refractivity contribution >= 4 is 16.1 Å². The molecule has 0 aromatic rings. The minimum atomic E-state index is -3.17. The zero-order chi connectivity index (χ0) is 13.6. The standard InChI is InChI=1S/C11H22N2O4S/c1-3-4-9-18(15,16)12-10-5-7-13(8-6-10)11(14)17-2/h10,12H,3-9H2,1-2H3. The highest BCUT2D eigenvalue weighted by atomic mass is 32.2. The number of hydrogen-bond acceptors (Lipinski definition) is 4. The van der Waals surface area contributed by atoms with Crippen molar-refractivity contribution in [1.29, 1.82) is 0 Å². The van der Waals surface area contributed by atoms with E-state index in [0.29, 0.717) is 32.4 Å². The molecule has 1 rings (SSSR count). The topological polar surface area (TPSA) is 75.7 Å². The number of nitrogens with zero attached hydrogens (tertiary/aromatic N) is 1. The van der Waals surface area contributed by atoms with Gasteiger partial charge in [-0.05, 0) is 19.3 Å². The smallest absolute Gasteiger partial charge is 0.409 e. The molecule has 6 nitrogen and oxygen atoms in total. The van der Waals surface area contributed by atoms with Crippen molar-refractivity contribution in [1.82, 2.24) is 9.62 Å². The Morgan fingerprint density at radius 3 is 2.50 bits per heavy atom. The number of sulfonamides is 1. The van der Waals surface area contributed by atoms with Crippen LogP contribution in [0.15, 0.2) is 0 Å². The number of rotatable bonds is 5. The maximum atomic E-state index is 11.7. The number of carbonyl (C=O) groups is 1. The van der Waals surface area contributed by atoms with Crippen LogP contribution in [0.4, 0.5) is 4.79 Å². The number of carbonyl (C=O) groups excluding carboxylic acids is 1. The summed E-state index contributed by atoms with van der Waals surface area (Å²) in [4.78, 5) is 12.9. The lowest BCUT2D eigenvalue weighted by atomic mass is 10.1. The Morgan fingerprint density at radius 2 is 2.00 bits per heavy atom. The number of methoxy groups -OCH3 is 1. The average molecular weight is 278 g/mol. The minimum absolute atomic E-state index is 0.0623. The molecule has 0 radical (unpaired) electrons. The number of nitrogens with one attached hydrogen (secondary N) is 1. The highest BCUT2D eigenvalue weighted by Crippen LogP contribution is 2.12. The van der Waals surface area contributed by atoms with Crippen LogP contribution in [0.2, 0.25) is 0 Å². The van der Waals surface area contributed by atoms with E-state index in [0.717, 1.165) is 6.42 Å². The first kappa shape index (κ1) is 15.2. The van der Waals surface area contributed by atoms with Crippen LogP contribution in [-0.2, 0) is 14.8 Å². The van der Waals surface area contributed by atoms with Gasteiger partial charge in [0.15, 0.2) is 0 Å². The zero-order valence-electron chi connectivity index (χ0n) is 11.0. The Labute approximate surface area is 109 Å². The van der Waals surface area contributed by atoms with Gasteiger partial charge in [-0.25, -0.2) is 17.9 Å². The molecule has 0 aromatic heterocycles. The maximum absolute atomic E-state index is 11.7. The van der Waals surface area contributed by atoms with E-state index >= 15 is 0 Å². The molecule has 1 amide bonds. The van der Waals surface area contributed by atoms with Crippen LogP contribution in [0.1, 0.15) is 32.6 Å². The summed E-state index contributed by atoms with van der Waals surface area (Å²) in [6.07, 6.45) is 2.47. The van der Waals surface area contributed by atoms with Crippen molar-refractivity contribution in [3.63, 3.8) is 0 Å². The van der Waals surface area contributed by atoms with Gasteiger partial charge in [-0.2, -0.15) is 0 Å². The molecule has 106 valence electrons. The fourth-order valence-corrected chi connectivity index (χ4v) is 3.49. The molecule has 1 saturated heterocycles. The average Bonchev–Trinajstić information content (AvgIpc) is 2.36. The highest BCUT2D eigenvalue weighted by Gasteiger charge is 2.25. The number of amides is 1. The molecule has 0 spiro atoms. The monoisotopic (exact) mass is 278 g/mol. The van der Waals surface area contributed by atoms with Crippen LogP contribution in [0.5, 0.6) is 0 Å². The Kier molecular flexibility index (Phi) is 5.87. The number of hydrogen-bond donors (Lipinski definition) is 1. The quantitative estimate of drug-likeness (QED) is 0.812. The normalized spacial score (nSPS) is 17.8. The van der Waals surface area contributed by atoms with Gasteiger partial charge in [0.25, 0.3) is 0 Å². The van der Waals surface area contributed by atoms with Gasteiger partial charge in [0.1, 0.15) is 0 Å². The molecular weight excluding hydrogens is 256 g/mol. The van der Waals surface area contributed by atoms with E-state index in [-0.39, 0.29) is 17.9 Å². The molecule has 0 unspecified atom stereocenters. The Morgan fingerprint density at radius 1 is 1.39 bits per heavy atom. The third kappa shape index (κ3) is 4.81. The first-order valence-corrected chi connectivity index (χ1v) is 7.96. The van der Waals surface area contributed by atoms with E-state index in [4.69, 9.17) is 0 Å². The van der Waals surface area contributed by atoms with Crippen LogP contribution >= 0.6 is 0 Å². The van der Waals surface area contributed by atoms with Gasteiger partial charge >= 0.3 is 6.09 Å². The van der Waals surface area contributed by atoms with Crippen molar-refractivity contribution in [3.8, 4) is 0 Å². The maximum Gasteiger partial charge on any atom is 0.409 e. The molecule has 7 heteroatoms. The summed E-state index contributed by atoms with van der Waals surface area (Å²) in [5.41, 5.74) is 0. The van der Waals surface area contributed by atoms with E-state index in [1.54, 1.807) is 4.90 Å². The molecule has 1 aliphatic rings. The number of unbranched alkanes of at least 4 members (excludes halogenated alkanes) is 1. The first-order chi connectivity index (χ1) is 8.48. The summed E-state index contributed by atoms with van der Waals surface area (Å²) in [5.74, 6) is 0.181. The fraction of sp³-hybridized carbons (Fsp3) is 0.909. The van der Waals surface area contributed by atoms with Crippen LogP contribution in [-0.4, -0.2) is 51.4 Å². The lowest BCUT2D eigenvalue weighted by Crippen LogP contribution is -2.46. The second kappa shape index (κ2) is 6.94. The fourth-order valence-electron chi connectivity index (χ4n) is 1.96. The van der Waals surface area contributed by atoms with Crippen molar-refractivity contribution in [3.05, 3.63) is 0 Å². The van der Waals surface area contributed by atoms with Crippen molar-refractivity contribution < 1.29 is 17.9 Å². The van der Waals surface area contributed by atoms with E-state index in [2.05, 4.69) is 9.46 Å². The van der Waals surface area contributed by atoms with Crippen LogP contribution in [0, 0.1) is 0 Å². The van der Waals surface area contributed by atoms with E-state index < -0.39 is 10.0 Å². The molecule has 0 aliphatic carbocycles. The summed E-state index contributed by atoms with van der Waals surface area (Å²) in [6.45, 7) is 3.03. The summed E-state index contributed by atoms with van der Waals surface area (Å²) in [6, 6.07) is -0.0623. The van der Waals surface area contributed by atoms with Gasteiger partial charge in [0, 0.05) is 19.1 Å². The molecule has 0 atom stereocenters. The lowest BCUT2D eigenvalue weighted by molar-refractivity contribution is 0.111. The van der Waals surface area contributed by atoms with Gasteiger partial charge in [-0.3, -0.25) is 0 Å². The summed E-state index contributed by atoms with van der Waals surface area (Å²) >= 11 is 0. The van der Waals surface area contributed by atoms with Gasteiger partial charge in [0.2, 0.25) is 10.0 Å². The summed E-state index contributed by atoms with van der Waals surface area (Å²) < 4.78 is 30.8. The number of piperidine rings is 1. The molecule has 0 saturated carbocycles. The van der Waals surface area contributed by atoms with Crippen LogP contribution < -0.4 is 4.72 Å². The van der Waals surface area contributed by atoms with E-state index in [1.165, 1.54) is 7.11 Å². The van der Waals surface area contributed by atoms with Crippen molar-refractivity contribution in [2.24, 2.45) is 0 Å². The Hall–Kier alpha value is -0.820. The Balaban J connectivity index is 2.37. The number of likely N-dealkylation sites (tertiary alicyclic amines) is 1. The van der Waals surface area contributed by atoms with Gasteiger partial charge in [-0.1, -0.05) is 13.3 Å². The second-order valence-electron chi connectivity index (χ2n) is 4.52. The SMILES string of the molecule is CCCCS(=O)(=O)NC1CCN(C(=O)OC)CC1. The predicted molar refractivity (Wildman–Crippen MR) is 68.8 cm³/mol. The minimum Gasteiger partial charge on any atom is -0.453 e. The molecule has 1 aliphatic heterocycles. The third-order valence-corrected chi connectivity index (χ3v) is 4.56. The molecule has 1 N–H and O–H groups in total. The number of ether oxygens (including phenoxy) is 1. The third-order valence-electron chi connectivity index (χ3n) is 3.04. The molecule has 1 fully saturated rings. The summed E-state index contributed by atoms with van der Waals surface area (Å²) in [5, 5.41) is 0.